The molecule has 2 heterocycles. The topological polar surface area (TPSA) is 90.3 Å². The summed E-state index contributed by atoms with van der Waals surface area (Å²) in [5.74, 6) is 0.192. The molecule has 0 aliphatic heterocycles. The second-order valence-corrected chi connectivity index (χ2v) is 7.74. The molecule has 32 heavy (non-hydrogen) atoms. The standard InChI is InChI=1S/C26H21N3O3/c1-16(30)28-19-6-2-5-17(13-19)15-29-22-8-3-7-21(26(27)31)25(22)20-11-10-18(14-23(20)29)24-9-4-12-32-24/h2-14H,15H2,1H3,(H2,27,31)(H,28,30). The van der Waals surface area contributed by atoms with Crippen LogP contribution in [0.5, 0.6) is 0 Å². The van der Waals surface area contributed by atoms with Crippen LogP contribution in [0.3, 0.4) is 0 Å². The van der Waals surface area contributed by atoms with Gasteiger partial charge >= 0.3 is 0 Å². The first kappa shape index (κ1) is 19.6. The summed E-state index contributed by atoms with van der Waals surface area (Å²) >= 11 is 0. The van der Waals surface area contributed by atoms with Crippen molar-refractivity contribution in [2.45, 2.75) is 13.5 Å². The summed E-state index contributed by atoms with van der Waals surface area (Å²) in [5.41, 5.74) is 10.8. The summed E-state index contributed by atoms with van der Waals surface area (Å²) in [6.07, 6.45) is 1.65. The number of hydrogen-bond acceptors (Lipinski definition) is 3. The number of nitrogens with two attached hydrogens (primary N) is 1. The van der Waals surface area contributed by atoms with Gasteiger partial charge in [-0.1, -0.05) is 30.3 Å². The van der Waals surface area contributed by atoms with E-state index in [0.717, 1.165) is 44.4 Å². The SMILES string of the molecule is CC(=O)Nc1cccc(Cn2c3cc(-c4ccco4)ccc3c3c(C(N)=O)cccc32)c1. The van der Waals surface area contributed by atoms with Gasteiger partial charge in [-0.25, -0.2) is 0 Å². The van der Waals surface area contributed by atoms with E-state index in [0.29, 0.717) is 12.1 Å². The summed E-state index contributed by atoms with van der Waals surface area (Å²) in [7, 11) is 0. The molecule has 2 aromatic heterocycles. The van der Waals surface area contributed by atoms with Gasteiger partial charge in [0.15, 0.2) is 0 Å². The maximum Gasteiger partial charge on any atom is 0.249 e. The van der Waals surface area contributed by atoms with Crippen LogP contribution in [0, 0.1) is 0 Å². The van der Waals surface area contributed by atoms with E-state index in [1.807, 2.05) is 60.7 Å². The third-order valence-electron chi connectivity index (χ3n) is 5.55. The molecule has 5 aromatic rings. The number of carbonyl (C=O) groups is 2. The summed E-state index contributed by atoms with van der Waals surface area (Å²) < 4.78 is 7.75. The average Bonchev–Trinajstić information content (AvgIpc) is 3.41. The van der Waals surface area contributed by atoms with Gasteiger partial charge in [-0.05, 0) is 48.0 Å². The second kappa shape index (κ2) is 7.74. The van der Waals surface area contributed by atoms with Crippen LogP contribution in [0.4, 0.5) is 5.69 Å². The molecular formula is C26H21N3O3. The Hall–Kier alpha value is -4.32. The first-order valence-corrected chi connectivity index (χ1v) is 10.3. The molecule has 6 nitrogen and oxygen atoms in total. The van der Waals surface area contributed by atoms with Gasteiger partial charge in [-0.2, -0.15) is 0 Å². The van der Waals surface area contributed by atoms with Crippen molar-refractivity contribution in [3.63, 3.8) is 0 Å². The Balaban J connectivity index is 1.74. The van der Waals surface area contributed by atoms with Crippen LogP contribution in [0.1, 0.15) is 22.8 Å². The first-order chi connectivity index (χ1) is 15.5. The van der Waals surface area contributed by atoms with Gasteiger partial charge in [-0.15, -0.1) is 0 Å². The highest BCUT2D eigenvalue weighted by molar-refractivity contribution is 6.18. The van der Waals surface area contributed by atoms with E-state index in [2.05, 4.69) is 16.0 Å². The molecule has 0 saturated carbocycles. The van der Waals surface area contributed by atoms with Crippen molar-refractivity contribution in [3.8, 4) is 11.3 Å². The molecule has 0 spiro atoms. The van der Waals surface area contributed by atoms with E-state index in [1.165, 1.54) is 6.92 Å². The minimum atomic E-state index is -0.461. The lowest BCUT2D eigenvalue weighted by molar-refractivity contribution is -0.114. The monoisotopic (exact) mass is 423 g/mol. The Morgan fingerprint density at radius 1 is 0.969 bits per heavy atom. The molecule has 0 atom stereocenters. The highest BCUT2D eigenvalue weighted by atomic mass is 16.3. The average molecular weight is 423 g/mol. The van der Waals surface area contributed by atoms with E-state index in [9.17, 15) is 9.59 Å². The number of benzene rings is 3. The lowest BCUT2D eigenvalue weighted by atomic mass is 10.0. The fraction of sp³-hybridized carbons (Fsp3) is 0.0769. The molecule has 0 fully saturated rings. The minimum absolute atomic E-state index is 0.117. The van der Waals surface area contributed by atoms with E-state index >= 15 is 0 Å². The Morgan fingerprint density at radius 2 is 1.81 bits per heavy atom. The van der Waals surface area contributed by atoms with E-state index in [4.69, 9.17) is 10.2 Å². The van der Waals surface area contributed by atoms with Gasteiger partial charge in [0.05, 0.1) is 17.3 Å². The molecule has 158 valence electrons. The molecular weight excluding hydrogens is 402 g/mol. The quantitative estimate of drug-likeness (QED) is 0.409. The van der Waals surface area contributed by atoms with Crippen molar-refractivity contribution in [2.75, 3.05) is 5.32 Å². The van der Waals surface area contributed by atoms with Gasteiger partial charge in [0.2, 0.25) is 11.8 Å². The Morgan fingerprint density at radius 3 is 2.56 bits per heavy atom. The molecule has 3 N–H and O–H groups in total. The summed E-state index contributed by atoms with van der Waals surface area (Å²) in [6, 6.07) is 23.2. The number of anilines is 1. The summed E-state index contributed by atoms with van der Waals surface area (Å²) in [5, 5.41) is 4.61. The maximum absolute atomic E-state index is 12.2. The fourth-order valence-corrected chi connectivity index (χ4v) is 4.25. The van der Waals surface area contributed by atoms with Gasteiger partial charge in [-0.3, -0.25) is 9.59 Å². The number of carbonyl (C=O) groups excluding carboxylic acids is 2. The van der Waals surface area contributed by atoms with Gasteiger partial charge in [0.25, 0.3) is 0 Å². The van der Waals surface area contributed by atoms with Crippen LogP contribution >= 0.6 is 0 Å². The normalized spacial score (nSPS) is 11.2. The summed E-state index contributed by atoms with van der Waals surface area (Å²) in [6.45, 7) is 2.04. The zero-order valence-corrected chi connectivity index (χ0v) is 17.5. The largest absolute Gasteiger partial charge is 0.464 e. The number of hydrogen-bond donors (Lipinski definition) is 2. The van der Waals surface area contributed by atoms with Crippen LogP contribution in [0.25, 0.3) is 33.1 Å². The number of fused-ring (bicyclic) bond motifs is 3. The third kappa shape index (κ3) is 3.41. The fourth-order valence-electron chi connectivity index (χ4n) is 4.25. The third-order valence-corrected chi connectivity index (χ3v) is 5.55. The maximum atomic E-state index is 12.2. The molecule has 0 saturated heterocycles. The van der Waals surface area contributed by atoms with Crippen LogP contribution < -0.4 is 11.1 Å². The smallest absolute Gasteiger partial charge is 0.249 e. The number of rotatable bonds is 5. The van der Waals surface area contributed by atoms with Gasteiger partial charge in [0.1, 0.15) is 5.76 Å². The number of primary amides is 1. The molecule has 0 bridgehead atoms. The van der Waals surface area contributed by atoms with E-state index < -0.39 is 5.91 Å². The molecule has 6 heteroatoms. The molecule has 2 amide bonds. The van der Waals surface area contributed by atoms with Crippen LogP contribution in [-0.4, -0.2) is 16.4 Å². The van der Waals surface area contributed by atoms with Crippen molar-refractivity contribution in [1.29, 1.82) is 0 Å². The molecule has 0 aliphatic carbocycles. The van der Waals surface area contributed by atoms with E-state index in [1.54, 1.807) is 12.3 Å². The van der Waals surface area contributed by atoms with E-state index in [-0.39, 0.29) is 5.91 Å². The first-order valence-electron chi connectivity index (χ1n) is 10.3. The number of furan rings is 1. The molecule has 0 radical (unpaired) electrons. The highest BCUT2D eigenvalue weighted by Crippen LogP contribution is 2.35. The predicted molar refractivity (Wildman–Crippen MR) is 126 cm³/mol. The van der Waals surface area contributed by atoms with Gasteiger partial charge < -0.3 is 20.0 Å². The molecule has 0 unspecified atom stereocenters. The molecule has 3 aromatic carbocycles. The Kier molecular flexibility index (Phi) is 4.75. The number of amides is 2. The number of nitrogens with zero attached hydrogens (tertiary/aromatic N) is 1. The van der Waals surface area contributed by atoms with Gasteiger partial charge in [0, 0.05) is 41.1 Å². The van der Waals surface area contributed by atoms with Crippen molar-refractivity contribution >= 4 is 39.3 Å². The zero-order valence-electron chi connectivity index (χ0n) is 17.5. The molecule has 5 rings (SSSR count). The Labute approximate surface area is 184 Å². The second-order valence-electron chi connectivity index (χ2n) is 7.74. The predicted octanol–water partition coefficient (Wildman–Crippen LogP) is 5.16. The zero-order chi connectivity index (χ0) is 22.2. The number of aromatic nitrogens is 1. The van der Waals surface area contributed by atoms with Crippen molar-refractivity contribution in [1.82, 2.24) is 4.57 Å². The van der Waals surface area contributed by atoms with Crippen LogP contribution in [-0.2, 0) is 11.3 Å². The van der Waals surface area contributed by atoms with Crippen LogP contribution in [0.2, 0.25) is 0 Å². The van der Waals surface area contributed by atoms with Crippen molar-refractivity contribution < 1.29 is 14.0 Å². The Bertz CT molecular complexity index is 1480. The number of nitrogens with one attached hydrogen (secondary N) is 1. The summed E-state index contributed by atoms with van der Waals surface area (Å²) in [4.78, 5) is 23.7. The lowest BCUT2D eigenvalue weighted by Crippen LogP contribution is -2.11. The minimum Gasteiger partial charge on any atom is -0.464 e. The molecule has 0 aliphatic rings. The highest BCUT2D eigenvalue weighted by Gasteiger charge is 2.17. The lowest BCUT2D eigenvalue weighted by Gasteiger charge is -2.10. The van der Waals surface area contributed by atoms with Crippen molar-refractivity contribution in [3.05, 3.63) is 90.2 Å². The van der Waals surface area contributed by atoms with Crippen LogP contribution in [0.15, 0.2) is 83.5 Å². The van der Waals surface area contributed by atoms with Crippen molar-refractivity contribution in [2.24, 2.45) is 5.73 Å².